The number of rotatable bonds is 9. The Morgan fingerprint density at radius 3 is 2.59 bits per heavy atom. The first-order chi connectivity index (χ1) is 27.9. The lowest BCUT2D eigenvalue weighted by atomic mass is 10.1. The molecule has 16 nitrogen and oxygen atoms in total. The van der Waals surface area contributed by atoms with Crippen LogP contribution in [0.2, 0.25) is 0 Å². The summed E-state index contributed by atoms with van der Waals surface area (Å²) in [4.78, 5) is 67.0. The topological polar surface area (TPSA) is 207 Å². The lowest BCUT2D eigenvalue weighted by molar-refractivity contribution is -0.141. The van der Waals surface area contributed by atoms with E-state index in [0.717, 1.165) is 21.5 Å². The van der Waals surface area contributed by atoms with Gasteiger partial charge in [0.05, 0.1) is 24.1 Å². The van der Waals surface area contributed by atoms with Crippen molar-refractivity contribution in [2.24, 2.45) is 5.92 Å². The van der Waals surface area contributed by atoms with Gasteiger partial charge >= 0.3 is 6.09 Å². The number of anilines is 1. The zero-order valence-corrected chi connectivity index (χ0v) is 35.8. The van der Waals surface area contributed by atoms with Gasteiger partial charge in [0.25, 0.3) is 5.91 Å². The summed E-state index contributed by atoms with van der Waals surface area (Å²) in [5.41, 5.74) is -0.144. The van der Waals surface area contributed by atoms with Crippen molar-refractivity contribution in [1.29, 1.82) is 0 Å². The summed E-state index contributed by atoms with van der Waals surface area (Å²) in [5, 5.41) is 12.5. The third-order valence-electron chi connectivity index (χ3n) is 10.6. The summed E-state index contributed by atoms with van der Waals surface area (Å²) in [6.45, 7) is 11.5. The van der Waals surface area contributed by atoms with Gasteiger partial charge in [0.15, 0.2) is 5.13 Å². The van der Waals surface area contributed by atoms with Gasteiger partial charge in [0.1, 0.15) is 35.0 Å². The van der Waals surface area contributed by atoms with Crippen molar-refractivity contribution in [3.63, 3.8) is 0 Å². The molecule has 7 rings (SSSR count). The highest BCUT2D eigenvalue weighted by atomic mass is 32.2. The number of aromatic nitrogens is 2. The normalized spacial score (nSPS) is 25.8. The van der Waals surface area contributed by atoms with Gasteiger partial charge in [-0.3, -0.25) is 19.1 Å². The van der Waals surface area contributed by atoms with Crippen LogP contribution in [0.1, 0.15) is 78.7 Å². The van der Waals surface area contributed by atoms with Crippen LogP contribution in [0.15, 0.2) is 41.8 Å². The fourth-order valence-corrected chi connectivity index (χ4v) is 9.61. The van der Waals surface area contributed by atoms with Gasteiger partial charge < -0.3 is 35.1 Å². The first-order valence-corrected chi connectivity index (χ1v) is 22.6. The quantitative estimate of drug-likeness (QED) is 0.219. The molecule has 0 spiro atoms. The lowest BCUT2D eigenvalue weighted by Crippen LogP contribution is -2.58. The molecule has 2 aromatic heterocycles. The molecule has 18 heteroatoms. The number of alkyl carbamates (subject to hydrolysis) is 1. The van der Waals surface area contributed by atoms with E-state index >= 15 is 0 Å². The van der Waals surface area contributed by atoms with E-state index in [1.54, 1.807) is 26.8 Å². The Bertz CT molecular complexity index is 2250. The lowest BCUT2D eigenvalue weighted by Gasteiger charge is -2.30. The van der Waals surface area contributed by atoms with Crippen LogP contribution in [0.4, 0.5) is 9.93 Å². The molecule has 2 unspecified atom stereocenters. The number of hydrogen-bond acceptors (Lipinski definition) is 13. The SMILES string of the molecule is Cc1ccc2c(OC3C[C@H]4C(=O)N[C@]5(C(=O)NS(=O)(=O)C6CC6)CC5/C=C\CCOCC[C@H](NC(=O)OC(C)(C)C)C(=O)N4C3)nc(-c3csc(NC(C)C)n3)cc2c1. The first-order valence-electron chi connectivity index (χ1n) is 20.1. The van der Waals surface area contributed by atoms with E-state index in [9.17, 15) is 27.6 Å². The Kier molecular flexibility index (Phi) is 12.0. The standard InChI is InChI=1S/C41H53N7O9S2/c1-23(2)42-38-44-32(22-58-38)31-18-25-17-24(3)10-13-29(25)35(43-31)56-27-19-33-34(49)46-41(37(51)47-59(53,54)28-11-12-28)20-26(41)9-7-8-15-55-16-14-30(36(50)48(33)21-27)45-39(52)57-40(4,5)6/h7,9-10,13,17-18,22-23,26-28,30,33H,8,11-12,14-16,19-21H2,1-6H3,(H,42,44)(H,45,52)(H,46,49)(H,47,51)/b9-7-/t26?,27?,30-,33-,41+/m0/s1. The van der Waals surface area contributed by atoms with Crippen molar-refractivity contribution < 1.29 is 41.8 Å². The van der Waals surface area contributed by atoms with Gasteiger partial charge in [-0.2, -0.15) is 0 Å². The van der Waals surface area contributed by atoms with E-state index in [1.165, 1.54) is 16.2 Å². The number of hydrogen-bond donors (Lipinski definition) is 4. The van der Waals surface area contributed by atoms with Crippen molar-refractivity contribution in [3.05, 3.63) is 47.4 Å². The smallest absolute Gasteiger partial charge is 0.408 e. The molecular formula is C41H53N7O9S2. The largest absolute Gasteiger partial charge is 0.472 e. The summed E-state index contributed by atoms with van der Waals surface area (Å²) in [7, 11) is -3.93. The highest BCUT2D eigenvalue weighted by Crippen LogP contribution is 2.46. The van der Waals surface area contributed by atoms with Gasteiger partial charge in [-0.15, -0.1) is 11.3 Å². The van der Waals surface area contributed by atoms with E-state index in [0.29, 0.717) is 30.7 Å². The molecule has 318 valence electrons. The predicted octanol–water partition coefficient (Wildman–Crippen LogP) is 4.58. The van der Waals surface area contributed by atoms with Gasteiger partial charge in [0.2, 0.25) is 27.7 Å². The molecular weight excluding hydrogens is 799 g/mol. The van der Waals surface area contributed by atoms with Crippen LogP contribution in [0.25, 0.3) is 22.2 Å². The molecule has 3 fully saturated rings. The Labute approximate surface area is 348 Å². The number of carbonyl (C=O) groups excluding carboxylic acids is 4. The van der Waals surface area contributed by atoms with Gasteiger partial charge in [-0.1, -0.05) is 29.8 Å². The maximum absolute atomic E-state index is 14.6. The van der Waals surface area contributed by atoms with Gasteiger partial charge in [0, 0.05) is 42.2 Å². The van der Waals surface area contributed by atoms with Crippen LogP contribution < -0.4 is 25.4 Å². The molecule has 4 aliphatic rings. The van der Waals surface area contributed by atoms with Gasteiger partial charge in [-0.05, 0) is 84.7 Å². The summed E-state index contributed by atoms with van der Waals surface area (Å²) < 4.78 is 46.0. The van der Waals surface area contributed by atoms with E-state index in [1.807, 2.05) is 56.5 Å². The monoisotopic (exact) mass is 851 g/mol. The maximum atomic E-state index is 14.6. The van der Waals surface area contributed by atoms with Crippen LogP contribution in [0.3, 0.4) is 0 Å². The van der Waals surface area contributed by atoms with Crippen molar-refractivity contribution in [2.45, 2.75) is 121 Å². The molecule has 0 radical (unpaired) electrons. The molecule has 1 aromatic carbocycles. The fraction of sp³-hybridized carbons (Fsp3) is 0.561. The summed E-state index contributed by atoms with van der Waals surface area (Å²) in [6, 6.07) is 5.70. The Morgan fingerprint density at radius 1 is 1.08 bits per heavy atom. The Balaban J connectivity index is 1.22. The number of pyridine rings is 1. The van der Waals surface area contributed by atoms with Crippen LogP contribution >= 0.6 is 11.3 Å². The number of carbonyl (C=O) groups is 4. The number of fused-ring (bicyclic) bond motifs is 3. The van der Waals surface area contributed by atoms with Crippen LogP contribution in [-0.4, -0.2) is 107 Å². The molecule has 3 aromatic rings. The number of amides is 4. The molecule has 4 heterocycles. The van der Waals surface area contributed by atoms with Crippen LogP contribution in [0.5, 0.6) is 5.88 Å². The van der Waals surface area contributed by atoms with Crippen LogP contribution in [-0.2, 0) is 33.9 Å². The second kappa shape index (κ2) is 16.7. The minimum atomic E-state index is -3.93. The number of sulfonamides is 1. The Hall–Kier alpha value is -4.81. The van der Waals surface area contributed by atoms with E-state index in [-0.39, 0.29) is 50.9 Å². The zero-order chi connectivity index (χ0) is 42.3. The first kappa shape index (κ1) is 42.3. The van der Waals surface area contributed by atoms with Crippen molar-refractivity contribution in [2.75, 3.05) is 25.1 Å². The molecule has 0 bridgehead atoms. The number of nitrogens with one attached hydrogen (secondary N) is 4. The molecule has 2 saturated carbocycles. The van der Waals surface area contributed by atoms with E-state index in [4.69, 9.17) is 24.2 Å². The fourth-order valence-electron chi connectivity index (χ4n) is 7.39. The number of nitrogens with zero attached hydrogens (tertiary/aromatic N) is 3. The molecule has 5 atom stereocenters. The molecule has 59 heavy (non-hydrogen) atoms. The third-order valence-corrected chi connectivity index (χ3v) is 13.2. The highest BCUT2D eigenvalue weighted by Gasteiger charge is 2.62. The molecule has 2 aliphatic carbocycles. The van der Waals surface area contributed by atoms with Crippen LogP contribution in [0, 0.1) is 12.8 Å². The minimum Gasteiger partial charge on any atom is -0.472 e. The maximum Gasteiger partial charge on any atom is 0.408 e. The Morgan fingerprint density at radius 2 is 1.86 bits per heavy atom. The second-order valence-electron chi connectivity index (χ2n) is 17.1. The van der Waals surface area contributed by atoms with Gasteiger partial charge in [-0.25, -0.2) is 23.2 Å². The van der Waals surface area contributed by atoms with Crippen molar-refractivity contribution >= 4 is 61.1 Å². The third kappa shape index (κ3) is 9.98. The average molecular weight is 852 g/mol. The van der Waals surface area contributed by atoms with Crippen molar-refractivity contribution in [1.82, 2.24) is 30.2 Å². The molecule has 2 aliphatic heterocycles. The molecule has 1 saturated heterocycles. The average Bonchev–Trinajstić information content (AvgIpc) is 4.03. The number of aryl methyl sites for hydroxylation is 1. The number of benzene rings is 1. The summed E-state index contributed by atoms with van der Waals surface area (Å²) >= 11 is 1.46. The zero-order valence-electron chi connectivity index (χ0n) is 34.2. The molecule has 4 amide bonds. The molecule has 4 N–H and O–H groups in total. The summed E-state index contributed by atoms with van der Waals surface area (Å²) in [5.74, 6) is -2.26. The number of thiazole rings is 1. The minimum absolute atomic E-state index is 0.00419. The van der Waals surface area contributed by atoms with E-state index in [2.05, 4.69) is 20.7 Å². The highest BCUT2D eigenvalue weighted by molar-refractivity contribution is 7.91. The van der Waals surface area contributed by atoms with E-state index < -0.39 is 74.3 Å². The predicted molar refractivity (Wildman–Crippen MR) is 222 cm³/mol. The summed E-state index contributed by atoms with van der Waals surface area (Å²) in [6.07, 6.45) is 3.68. The second-order valence-corrected chi connectivity index (χ2v) is 19.9. The van der Waals surface area contributed by atoms with Crippen molar-refractivity contribution in [3.8, 4) is 17.3 Å². The number of ether oxygens (including phenoxy) is 3.